The van der Waals surface area contributed by atoms with Gasteiger partial charge in [0.1, 0.15) is 103 Å². The standard InChI is InChI=1S/C26H18N2O10S3.C24H15NO7S3.C22H19NO8S3.C21H17NO8S3/c29-25(18-7-5-16(6-8-18)13-20(38-28(33)34)15-35-27(31)32)37-22-4-2-1-3-21(22)26(30)36-19-11-9-17(10-12-19)23-14-24(39)41-40-23;26-23(17-7-5-15(6-8-17)14-30-25(28)29)32-20-4-2-1-3-19(20)24(27)31-18-11-9-16(10-12-18)21-13-22(33)35-34-21;24-20(28-11-3-4-12-30-23(26)27)14-29-18-6-2-1-5-17(18)22(25)31-16-9-7-15(8-10-16)19-13-21(32)34-33-19;23-20(29-15-9-7-14(8-10-15)18-13-19(31)33-32-18)16-5-1-2-6-17(16)30-21(24)27-11-3-4-12-28-22(25)26/h1-12,14,20H,13,15H2;1-13H,14H2;1-2,5-10,13H,3-4,11-12,14H2;1-2,5-10,13H,3-4,11-12H2. The van der Waals surface area contributed by atoms with Crippen molar-refractivity contribution < 1.29 is 135 Å². The van der Waals surface area contributed by atoms with Crippen molar-refractivity contribution in [1.82, 2.24) is 0 Å². The highest BCUT2D eigenvalue weighted by Gasteiger charge is 2.25. The van der Waals surface area contributed by atoms with Gasteiger partial charge in [-0.2, -0.15) is 0 Å². The number of hydrogen-bond donors (Lipinski definition) is 0. The molecule has 0 N–H and O–H groups in total. The number of ether oxygens (including phenoxy) is 10. The highest BCUT2D eigenvalue weighted by molar-refractivity contribution is 7.81. The number of nitrogens with zero attached hydrogens (tertiary/aromatic N) is 5. The Balaban J connectivity index is 0.000000183. The van der Waals surface area contributed by atoms with Gasteiger partial charge in [0, 0.05) is 25.9 Å². The fourth-order valence-electron chi connectivity index (χ4n) is 11.8. The first-order valence-corrected chi connectivity index (χ1v) is 51.4. The Morgan fingerprint density at radius 1 is 0.301 bits per heavy atom. The summed E-state index contributed by atoms with van der Waals surface area (Å²) in [6.07, 6.45) is -0.884. The molecule has 0 spiro atoms. The van der Waals surface area contributed by atoms with Gasteiger partial charge < -0.3 is 71.6 Å². The van der Waals surface area contributed by atoms with Crippen LogP contribution < -0.4 is 37.9 Å². The van der Waals surface area contributed by atoms with Crippen LogP contribution in [0.4, 0.5) is 4.79 Å². The minimum Gasteiger partial charge on any atom is -0.481 e. The molecule has 0 aliphatic rings. The predicted molar refractivity (Wildman–Crippen MR) is 535 cm³/mol. The van der Waals surface area contributed by atoms with Crippen LogP contribution in [0.2, 0.25) is 0 Å². The summed E-state index contributed by atoms with van der Waals surface area (Å²) in [6, 6.07) is 72.2. The van der Waals surface area contributed by atoms with Crippen LogP contribution in [-0.4, -0.2) is 119 Å². The summed E-state index contributed by atoms with van der Waals surface area (Å²) in [5.41, 5.74) is 5.48. The molecule has 0 amide bonds. The lowest BCUT2D eigenvalue weighted by Gasteiger charge is -2.14. The van der Waals surface area contributed by atoms with E-state index in [9.17, 15) is 88.9 Å². The van der Waals surface area contributed by atoms with Crippen molar-refractivity contribution in [3.05, 3.63) is 377 Å². The number of benzene rings is 10. The Hall–Kier alpha value is -15.4. The molecule has 0 fully saturated rings. The Labute approximate surface area is 857 Å². The molecule has 143 heavy (non-hydrogen) atoms. The summed E-state index contributed by atoms with van der Waals surface area (Å²) >= 11 is 20.6. The maximum absolute atomic E-state index is 12.9. The summed E-state index contributed by atoms with van der Waals surface area (Å²) in [6.45, 7) is -1.40. The maximum Gasteiger partial charge on any atom is 0.513 e. The smallest absolute Gasteiger partial charge is 0.481 e. The zero-order valence-electron chi connectivity index (χ0n) is 73.1. The van der Waals surface area contributed by atoms with E-state index in [1.807, 2.05) is 72.8 Å². The minimum absolute atomic E-state index is 0.0150. The van der Waals surface area contributed by atoms with E-state index in [0.29, 0.717) is 59.8 Å². The number of carbonyl (C=O) groups excluding carboxylic acids is 8. The number of para-hydroxylation sites is 4. The van der Waals surface area contributed by atoms with E-state index in [1.165, 1.54) is 132 Å². The van der Waals surface area contributed by atoms with Crippen LogP contribution in [0, 0.1) is 65.9 Å². The first-order valence-electron chi connectivity index (χ1n) is 41.1. The number of esters is 7. The summed E-state index contributed by atoms with van der Waals surface area (Å²) in [4.78, 5) is 177. The topological polar surface area (TPSA) is 491 Å². The van der Waals surface area contributed by atoms with E-state index in [4.69, 9.17) is 96.2 Å². The molecular formula is C93H69N5O33S12. The van der Waals surface area contributed by atoms with Crippen molar-refractivity contribution in [2.24, 2.45) is 0 Å². The van der Waals surface area contributed by atoms with Crippen molar-refractivity contribution >= 4 is 180 Å². The number of rotatable bonds is 42. The molecule has 10 aromatic carbocycles. The Morgan fingerprint density at radius 3 is 0.937 bits per heavy atom. The lowest BCUT2D eigenvalue weighted by molar-refractivity contribution is -0.789. The van der Waals surface area contributed by atoms with Gasteiger partial charge in [0.05, 0.1) is 37.6 Å². The summed E-state index contributed by atoms with van der Waals surface area (Å²) in [7, 11) is 12.4. The summed E-state index contributed by atoms with van der Waals surface area (Å²) in [5, 5.41) is 46.7. The molecule has 0 bridgehead atoms. The van der Waals surface area contributed by atoms with Crippen LogP contribution in [0.1, 0.15) is 99.0 Å². The molecular weight excluding hydrogens is 2100 g/mol. The number of hydrogen-bond acceptors (Lipinski definition) is 45. The second-order valence-electron chi connectivity index (χ2n) is 28.2. The average molecular weight is 2170 g/mol. The van der Waals surface area contributed by atoms with Crippen LogP contribution in [0.15, 0.2) is 267 Å². The van der Waals surface area contributed by atoms with Crippen molar-refractivity contribution in [1.29, 1.82) is 0 Å². The third-order valence-corrected chi connectivity index (χ3v) is 30.0. The fraction of sp³-hybridized carbons (Fsp3) is 0.140. The quantitative estimate of drug-likeness (QED) is 0.00501. The normalized spacial score (nSPS) is 10.6. The van der Waals surface area contributed by atoms with Gasteiger partial charge in [0.25, 0.3) is 25.4 Å². The van der Waals surface area contributed by atoms with Crippen molar-refractivity contribution in [2.75, 3.05) is 39.6 Å². The summed E-state index contributed by atoms with van der Waals surface area (Å²) < 4.78 is 56.4. The average Bonchev–Trinajstić information content (AvgIpc) is 1.82. The van der Waals surface area contributed by atoms with Gasteiger partial charge in [-0.15, -0.1) is 50.6 Å². The Morgan fingerprint density at radius 2 is 0.608 bits per heavy atom. The van der Waals surface area contributed by atoms with E-state index >= 15 is 0 Å². The Kier molecular flexibility index (Phi) is 42.0. The molecule has 1 atom stereocenters. The van der Waals surface area contributed by atoms with Crippen LogP contribution >= 0.6 is 132 Å². The zero-order valence-corrected chi connectivity index (χ0v) is 82.9. The molecule has 1 unspecified atom stereocenters. The Bertz CT molecular complexity index is 7070. The van der Waals surface area contributed by atoms with Gasteiger partial charge in [0.15, 0.2) is 6.61 Å². The molecule has 0 aliphatic carbocycles. The van der Waals surface area contributed by atoms with E-state index in [-0.39, 0.29) is 95.8 Å². The maximum atomic E-state index is 12.9. The van der Waals surface area contributed by atoms with Crippen LogP contribution in [0.25, 0.3) is 41.8 Å². The van der Waals surface area contributed by atoms with E-state index in [0.717, 1.165) is 57.1 Å². The number of unbranched alkanes of at least 4 members (excludes halogenated alkanes) is 2. The SMILES string of the molecule is O=C(COc1ccccc1C(=O)Oc1ccc(-c2cc(=S)ss2)cc1)OCCCCO[N+](=O)[O-].O=C(OCCCCO[N+](=O)[O-])Oc1ccccc1C(=O)Oc1ccc(-c2cc(=S)ss2)cc1.O=C(Oc1ccccc1C(=O)Oc1ccc(-c2cc(=S)ss2)cc1)c1ccc(CC(CO[N+](=O)[O-])O[N+](=O)[O-])cc1.O=C(Oc1ccccc1C(=O)Oc1ccc(-c2cc(=S)ss2)cc1)c1ccc(CO[N+](=O)[O-])cc1. The van der Waals surface area contributed by atoms with Crippen molar-refractivity contribution in [2.45, 2.75) is 44.8 Å². The van der Waals surface area contributed by atoms with Crippen LogP contribution in [-0.2, 0) is 51.5 Å². The highest BCUT2D eigenvalue weighted by atomic mass is 32.9. The van der Waals surface area contributed by atoms with Gasteiger partial charge in [-0.25, -0.2) is 38.4 Å². The molecule has 4 aromatic heterocycles. The molecule has 0 aliphatic heterocycles. The molecule has 38 nitrogen and oxygen atoms in total. The zero-order chi connectivity index (χ0) is 102. The third kappa shape index (κ3) is 36.0. The molecule has 14 rings (SSSR count). The molecule has 0 saturated heterocycles. The lowest BCUT2D eigenvalue weighted by atomic mass is 10.1. The number of carbonyl (C=O) groups is 8. The van der Waals surface area contributed by atoms with E-state index < -0.39 is 92.7 Å². The molecule has 0 saturated carbocycles. The van der Waals surface area contributed by atoms with Gasteiger partial charge >= 0.3 is 47.9 Å². The largest absolute Gasteiger partial charge is 0.513 e. The van der Waals surface area contributed by atoms with E-state index in [2.05, 4.69) is 24.2 Å². The second-order valence-corrected chi connectivity index (χ2v) is 39.8. The minimum atomic E-state index is -1.24. The summed E-state index contributed by atoms with van der Waals surface area (Å²) in [5.74, 6) is -3.32. The van der Waals surface area contributed by atoms with Crippen molar-refractivity contribution in [3.8, 4) is 87.8 Å². The second kappa shape index (κ2) is 55.6. The molecule has 4 heterocycles. The fourth-order valence-corrected chi connectivity index (χ4v) is 21.4. The van der Waals surface area contributed by atoms with Gasteiger partial charge in [-0.3, -0.25) is 0 Å². The van der Waals surface area contributed by atoms with Crippen LogP contribution in [0.3, 0.4) is 0 Å². The van der Waals surface area contributed by atoms with Crippen molar-refractivity contribution in [3.63, 3.8) is 0 Å². The third-order valence-electron chi connectivity index (χ3n) is 18.4. The van der Waals surface area contributed by atoms with Gasteiger partial charge in [-0.05, 0) is 253 Å². The lowest BCUT2D eigenvalue weighted by Crippen LogP contribution is -2.26. The molecule has 0 radical (unpaired) electrons. The molecule has 14 aromatic rings. The first kappa shape index (κ1) is 108. The monoisotopic (exact) mass is 2170 g/mol. The highest BCUT2D eigenvalue weighted by Crippen LogP contribution is 2.37. The molecule has 50 heteroatoms. The van der Waals surface area contributed by atoms with Gasteiger partial charge in [0.2, 0.25) is 0 Å². The molecule has 736 valence electrons. The van der Waals surface area contributed by atoms with E-state index in [1.54, 1.807) is 144 Å². The first-order chi connectivity index (χ1) is 68.9. The van der Waals surface area contributed by atoms with Gasteiger partial charge in [-0.1, -0.05) is 204 Å². The predicted octanol–water partition coefficient (Wildman–Crippen LogP) is 23.6. The van der Waals surface area contributed by atoms with Crippen LogP contribution in [0.5, 0.6) is 46.0 Å².